The van der Waals surface area contributed by atoms with Crippen LogP contribution in [-0.2, 0) is 0 Å². The number of hydrogen-bond donors (Lipinski definition) is 1. The summed E-state index contributed by atoms with van der Waals surface area (Å²) in [4.78, 5) is 2.65. The van der Waals surface area contributed by atoms with E-state index >= 15 is 0 Å². The molecule has 0 amide bonds. The lowest BCUT2D eigenvalue weighted by molar-refractivity contribution is 0.134. The second kappa shape index (κ2) is 8.39. The van der Waals surface area contributed by atoms with E-state index in [-0.39, 0.29) is 0 Å². The minimum absolute atomic E-state index is 0.769. The van der Waals surface area contributed by atoms with Crippen molar-refractivity contribution in [2.45, 2.75) is 64.1 Å². The van der Waals surface area contributed by atoms with Gasteiger partial charge in [0.05, 0.1) is 0 Å². The molecule has 1 N–H and O–H groups in total. The number of thioether (sulfide) groups is 1. The van der Waals surface area contributed by atoms with Gasteiger partial charge in [-0.1, -0.05) is 13.8 Å². The first-order valence-electron chi connectivity index (χ1n) is 7.17. The van der Waals surface area contributed by atoms with Crippen LogP contribution in [0.2, 0.25) is 0 Å². The second-order valence-electron chi connectivity index (χ2n) is 5.25. The molecule has 1 unspecified atom stereocenters. The molecule has 1 atom stereocenters. The summed E-state index contributed by atoms with van der Waals surface area (Å²) < 4.78 is 0. The largest absolute Gasteiger partial charge is 0.314 e. The monoisotopic (exact) mass is 258 g/mol. The molecule has 17 heavy (non-hydrogen) atoms. The number of nitrogens with zero attached hydrogens (tertiary/aromatic N) is 1. The van der Waals surface area contributed by atoms with Crippen molar-refractivity contribution in [3.05, 3.63) is 0 Å². The molecule has 3 heteroatoms. The average molecular weight is 258 g/mol. The van der Waals surface area contributed by atoms with Crippen LogP contribution in [0.1, 0.15) is 46.0 Å². The van der Waals surface area contributed by atoms with Crippen LogP contribution < -0.4 is 5.32 Å². The molecule has 0 aromatic rings. The van der Waals surface area contributed by atoms with Gasteiger partial charge in [-0.25, -0.2) is 0 Å². The molecular weight excluding hydrogens is 228 g/mol. The molecule has 2 nitrogen and oxygen atoms in total. The normalized spacial score (nSPS) is 27.4. The Bertz CT molecular complexity index is 191. The molecule has 0 bridgehead atoms. The van der Waals surface area contributed by atoms with E-state index in [1.54, 1.807) is 0 Å². The fraction of sp³-hybridized carbons (Fsp3) is 1.00. The van der Waals surface area contributed by atoms with Gasteiger partial charge in [0, 0.05) is 23.9 Å². The Morgan fingerprint density at radius 2 is 1.88 bits per heavy atom. The van der Waals surface area contributed by atoms with Crippen LogP contribution in [0.15, 0.2) is 0 Å². The number of rotatable bonds is 7. The van der Waals surface area contributed by atoms with Gasteiger partial charge in [-0.05, 0) is 52.0 Å². The second-order valence-corrected chi connectivity index (χ2v) is 6.16. The van der Waals surface area contributed by atoms with Gasteiger partial charge in [0.1, 0.15) is 0 Å². The summed E-state index contributed by atoms with van der Waals surface area (Å²) in [6.07, 6.45) is 8.97. The summed E-state index contributed by atoms with van der Waals surface area (Å²) in [5.41, 5.74) is 0. The van der Waals surface area contributed by atoms with Crippen LogP contribution in [0, 0.1) is 0 Å². The van der Waals surface area contributed by atoms with Crippen LogP contribution >= 0.6 is 11.8 Å². The van der Waals surface area contributed by atoms with Crippen LogP contribution in [0.3, 0.4) is 0 Å². The molecule has 1 saturated carbocycles. The molecule has 0 radical (unpaired) electrons. The molecule has 1 aliphatic carbocycles. The molecule has 1 rings (SSSR count). The van der Waals surface area contributed by atoms with E-state index in [0.717, 1.165) is 24.7 Å². The third-order valence-electron chi connectivity index (χ3n) is 4.17. The maximum atomic E-state index is 3.59. The minimum Gasteiger partial charge on any atom is -0.314 e. The predicted octanol–water partition coefficient (Wildman–Crippen LogP) is 2.98. The van der Waals surface area contributed by atoms with Crippen LogP contribution in [0.4, 0.5) is 0 Å². The zero-order valence-corrected chi connectivity index (χ0v) is 12.9. The third-order valence-corrected chi connectivity index (χ3v) is 4.89. The Labute approximate surface area is 112 Å². The van der Waals surface area contributed by atoms with E-state index in [2.05, 4.69) is 37.4 Å². The first-order chi connectivity index (χ1) is 8.22. The van der Waals surface area contributed by atoms with Crippen molar-refractivity contribution in [2.75, 3.05) is 25.6 Å². The highest BCUT2D eigenvalue weighted by molar-refractivity contribution is 7.98. The lowest BCUT2D eigenvalue weighted by Gasteiger charge is -2.39. The highest BCUT2D eigenvalue weighted by atomic mass is 32.2. The Morgan fingerprint density at radius 1 is 1.24 bits per heavy atom. The van der Waals surface area contributed by atoms with Crippen molar-refractivity contribution in [1.82, 2.24) is 10.2 Å². The molecule has 102 valence electrons. The molecule has 0 heterocycles. The first-order valence-corrected chi connectivity index (χ1v) is 8.56. The summed E-state index contributed by atoms with van der Waals surface area (Å²) in [6, 6.07) is 2.37. The van der Waals surface area contributed by atoms with Gasteiger partial charge in [0.25, 0.3) is 0 Å². The van der Waals surface area contributed by atoms with Gasteiger partial charge in [-0.2, -0.15) is 11.8 Å². The summed E-state index contributed by atoms with van der Waals surface area (Å²) in [5, 5.41) is 3.59. The molecule has 0 spiro atoms. The molecule has 0 aromatic carbocycles. The fourth-order valence-electron chi connectivity index (χ4n) is 2.99. The molecule has 1 fully saturated rings. The molecule has 1 aliphatic rings. The molecular formula is C14H30N2S. The Morgan fingerprint density at radius 3 is 2.35 bits per heavy atom. The molecule has 0 aliphatic heterocycles. The quantitative estimate of drug-likeness (QED) is 0.756. The first kappa shape index (κ1) is 15.3. The highest BCUT2D eigenvalue weighted by Crippen LogP contribution is 2.25. The molecule has 0 aromatic heterocycles. The third kappa shape index (κ3) is 4.80. The lowest BCUT2D eigenvalue weighted by atomic mass is 9.89. The highest BCUT2D eigenvalue weighted by Gasteiger charge is 2.26. The van der Waals surface area contributed by atoms with Crippen LogP contribution in [0.25, 0.3) is 0 Å². The predicted molar refractivity (Wildman–Crippen MR) is 79.9 cm³/mol. The van der Waals surface area contributed by atoms with Gasteiger partial charge in [-0.15, -0.1) is 0 Å². The Hall–Kier alpha value is 0.270. The van der Waals surface area contributed by atoms with Crippen LogP contribution in [0.5, 0.6) is 0 Å². The summed E-state index contributed by atoms with van der Waals surface area (Å²) in [5.74, 6) is 1.28. The number of hydrogen-bond acceptors (Lipinski definition) is 3. The van der Waals surface area contributed by atoms with Gasteiger partial charge >= 0.3 is 0 Å². The zero-order chi connectivity index (χ0) is 12.7. The molecule has 0 saturated heterocycles. The summed E-state index contributed by atoms with van der Waals surface area (Å²) >= 11 is 1.98. The van der Waals surface area contributed by atoms with Crippen LogP contribution in [-0.4, -0.2) is 48.6 Å². The Kier molecular flexibility index (Phi) is 7.56. The smallest absolute Gasteiger partial charge is 0.0183 e. The maximum absolute atomic E-state index is 3.59. The lowest BCUT2D eigenvalue weighted by Crippen LogP contribution is -2.45. The van der Waals surface area contributed by atoms with Crippen molar-refractivity contribution in [3.63, 3.8) is 0 Å². The maximum Gasteiger partial charge on any atom is 0.0183 e. The number of nitrogens with one attached hydrogen (secondary N) is 1. The van der Waals surface area contributed by atoms with Gasteiger partial charge in [0.15, 0.2) is 0 Å². The van der Waals surface area contributed by atoms with Gasteiger partial charge in [0.2, 0.25) is 0 Å². The SMILES string of the molecule is CCNC1CCC(N(C)C(CC)CSC)CC1. The Balaban J connectivity index is 2.36. The van der Waals surface area contributed by atoms with E-state index in [4.69, 9.17) is 0 Å². The summed E-state index contributed by atoms with van der Waals surface area (Å²) in [7, 11) is 2.34. The van der Waals surface area contributed by atoms with Crippen molar-refractivity contribution in [2.24, 2.45) is 0 Å². The van der Waals surface area contributed by atoms with E-state index in [1.165, 1.54) is 37.9 Å². The average Bonchev–Trinajstić information content (AvgIpc) is 2.36. The van der Waals surface area contributed by atoms with Gasteiger partial charge < -0.3 is 5.32 Å². The van der Waals surface area contributed by atoms with Crippen molar-refractivity contribution < 1.29 is 0 Å². The van der Waals surface area contributed by atoms with E-state index in [0.29, 0.717) is 0 Å². The zero-order valence-electron chi connectivity index (χ0n) is 12.0. The van der Waals surface area contributed by atoms with E-state index in [1.807, 2.05) is 11.8 Å². The fourth-order valence-corrected chi connectivity index (χ4v) is 3.85. The van der Waals surface area contributed by atoms with E-state index < -0.39 is 0 Å². The summed E-state index contributed by atoms with van der Waals surface area (Å²) in [6.45, 7) is 5.65. The van der Waals surface area contributed by atoms with Crippen molar-refractivity contribution >= 4 is 11.8 Å². The van der Waals surface area contributed by atoms with E-state index in [9.17, 15) is 0 Å². The topological polar surface area (TPSA) is 15.3 Å². The minimum atomic E-state index is 0.769. The van der Waals surface area contributed by atoms with Crippen molar-refractivity contribution in [3.8, 4) is 0 Å². The standard InChI is InChI=1S/C14H30N2S/c1-5-13(11-17-4)16(3)14-9-7-12(8-10-14)15-6-2/h12-15H,5-11H2,1-4H3. The van der Waals surface area contributed by atoms with Gasteiger partial charge in [-0.3, -0.25) is 4.90 Å². The van der Waals surface area contributed by atoms with Crippen molar-refractivity contribution in [1.29, 1.82) is 0 Å².